The lowest BCUT2D eigenvalue weighted by Crippen LogP contribution is -2.54. The molecule has 0 aliphatic heterocycles. The number of rotatable bonds is 5. The van der Waals surface area contributed by atoms with Crippen molar-refractivity contribution in [1.82, 2.24) is 4.90 Å². The summed E-state index contributed by atoms with van der Waals surface area (Å²) in [6.07, 6.45) is 4.96. The quantitative estimate of drug-likeness (QED) is 0.780. The van der Waals surface area contributed by atoms with Crippen molar-refractivity contribution < 1.29 is 4.74 Å². The Bertz CT molecular complexity index is 210. The summed E-state index contributed by atoms with van der Waals surface area (Å²) in [5.74, 6) is 0.782. The van der Waals surface area contributed by atoms with E-state index < -0.39 is 0 Å². The number of nitrogens with two attached hydrogens (primary N) is 1. The molecule has 96 valence electrons. The fourth-order valence-corrected chi connectivity index (χ4v) is 2.87. The summed E-state index contributed by atoms with van der Waals surface area (Å²) in [5, 5.41) is 0. The molecular weight excluding hydrogens is 200 g/mol. The van der Waals surface area contributed by atoms with Gasteiger partial charge in [-0.2, -0.15) is 0 Å². The molecule has 1 rings (SSSR count). The van der Waals surface area contributed by atoms with Gasteiger partial charge in [0.05, 0.1) is 6.61 Å². The predicted molar refractivity (Wildman–Crippen MR) is 68.5 cm³/mol. The minimum atomic E-state index is 0.0222. The lowest BCUT2D eigenvalue weighted by atomic mass is 9.76. The van der Waals surface area contributed by atoms with Crippen molar-refractivity contribution in [3.05, 3.63) is 0 Å². The topological polar surface area (TPSA) is 38.5 Å². The van der Waals surface area contributed by atoms with Crippen LogP contribution in [-0.2, 0) is 4.74 Å². The van der Waals surface area contributed by atoms with Crippen molar-refractivity contribution in [2.75, 3.05) is 27.3 Å². The van der Waals surface area contributed by atoms with Gasteiger partial charge in [0.2, 0.25) is 0 Å². The molecular formula is C13H28N2O. The second-order valence-electron chi connectivity index (χ2n) is 5.78. The Morgan fingerprint density at radius 2 is 2.25 bits per heavy atom. The fourth-order valence-electron chi connectivity index (χ4n) is 2.87. The second-order valence-corrected chi connectivity index (χ2v) is 5.78. The molecule has 1 aliphatic rings. The number of hydrogen-bond donors (Lipinski definition) is 1. The van der Waals surface area contributed by atoms with Crippen molar-refractivity contribution in [3.63, 3.8) is 0 Å². The maximum atomic E-state index is 6.50. The average molecular weight is 228 g/mol. The third-order valence-corrected chi connectivity index (χ3v) is 3.85. The Hall–Kier alpha value is -0.120. The SMILES string of the molecule is COCC(C)N(C)CC1(N)CCCC(C)C1. The minimum absolute atomic E-state index is 0.0222. The van der Waals surface area contributed by atoms with Gasteiger partial charge in [0, 0.05) is 25.2 Å². The van der Waals surface area contributed by atoms with E-state index in [0.717, 1.165) is 25.5 Å². The first-order valence-corrected chi connectivity index (χ1v) is 6.45. The molecule has 3 unspecified atom stereocenters. The lowest BCUT2D eigenvalue weighted by Gasteiger charge is -2.41. The van der Waals surface area contributed by atoms with Crippen LogP contribution >= 0.6 is 0 Å². The fraction of sp³-hybridized carbons (Fsp3) is 1.00. The highest BCUT2D eigenvalue weighted by Gasteiger charge is 2.32. The molecule has 1 aliphatic carbocycles. The summed E-state index contributed by atoms with van der Waals surface area (Å²) in [6.45, 7) is 6.28. The maximum Gasteiger partial charge on any atom is 0.0615 e. The van der Waals surface area contributed by atoms with Crippen LogP contribution in [0, 0.1) is 5.92 Å². The molecule has 2 N–H and O–H groups in total. The molecule has 16 heavy (non-hydrogen) atoms. The van der Waals surface area contributed by atoms with Crippen LogP contribution in [0.4, 0.5) is 0 Å². The summed E-state index contributed by atoms with van der Waals surface area (Å²) >= 11 is 0. The van der Waals surface area contributed by atoms with Gasteiger partial charge in [-0.05, 0) is 32.7 Å². The maximum absolute atomic E-state index is 6.50. The molecule has 0 radical (unpaired) electrons. The van der Waals surface area contributed by atoms with E-state index in [1.807, 2.05) is 0 Å². The van der Waals surface area contributed by atoms with Gasteiger partial charge >= 0.3 is 0 Å². The third kappa shape index (κ3) is 4.04. The van der Waals surface area contributed by atoms with E-state index >= 15 is 0 Å². The highest BCUT2D eigenvalue weighted by Crippen LogP contribution is 2.31. The van der Waals surface area contributed by atoms with Gasteiger partial charge in [-0.3, -0.25) is 4.90 Å². The monoisotopic (exact) mass is 228 g/mol. The molecule has 1 fully saturated rings. The Morgan fingerprint density at radius 1 is 1.56 bits per heavy atom. The largest absolute Gasteiger partial charge is 0.383 e. The van der Waals surface area contributed by atoms with Crippen LogP contribution in [0.15, 0.2) is 0 Å². The smallest absolute Gasteiger partial charge is 0.0615 e. The molecule has 0 aromatic heterocycles. The zero-order valence-electron chi connectivity index (χ0n) is 11.3. The zero-order chi connectivity index (χ0) is 12.2. The Balaban J connectivity index is 2.44. The normalized spacial score (nSPS) is 33.0. The van der Waals surface area contributed by atoms with Gasteiger partial charge in [0.1, 0.15) is 0 Å². The van der Waals surface area contributed by atoms with Crippen LogP contribution in [0.25, 0.3) is 0 Å². The van der Waals surface area contributed by atoms with Crippen molar-refractivity contribution in [1.29, 1.82) is 0 Å². The van der Waals surface area contributed by atoms with E-state index in [9.17, 15) is 0 Å². The van der Waals surface area contributed by atoms with Gasteiger partial charge in [0.15, 0.2) is 0 Å². The predicted octanol–water partition coefficient (Wildman–Crippen LogP) is 1.86. The molecule has 3 atom stereocenters. The summed E-state index contributed by atoms with van der Waals surface area (Å²) in [5.41, 5.74) is 6.52. The van der Waals surface area contributed by atoms with Crippen molar-refractivity contribution >= 4 is 0 Å². The molecule has 1 saturated carbocycles. The van der Waals surface area contributed by atoms with Crippen molar-refractivity contribution in [3.8, 4) is 0 Å². The number of methoxy groups -OCH3 is 1. The molecule has 0 amide bonds. The molecule has 3 heteroatoms. The summed E-state index contributed by atoms with van der Waals surface area (Å²) < 4.78 is 5.19. The Morgan fingerprint density at radius 3 is 2.81 bits per heavy atom. The van der Waals surface area contributed by atoms with Crippen molar-refractivity contribution in [2.45, 2.75) is 51.1 Å². The first-order valence-electron chi connectivity index (χ1n) is 6.45. The van der Waals surface area contributed by atoms with E-state index in [1.165, 1.54) is 19.3 Å². The van der Waals surface area contributed by atoms with Crippen LogP contribution in [0.1, 0.15) is 39.5 Å². The first-order chi connectivity index (χ1) is 7.47. The van der Waals surface area contributed by atoms with E-state index in [1.54, 1.807) is 7.11 Å². The molecule has 0 aromatic rings. The highest BCUT2D eigenvalue weighted by molar-refractivity contribution is 4.92. The molecule has 0 spiro atoms. The summed E-state index contributed by atoms with van der Waals surface area (Å²) in [4.78, 5) is 2.33. The standard InChI is InChI=1S/C13H28N2O/c1-11-6-5-7-13(14,8-11)10-15(3)12(2)9-16-4/h11-12H,5-10,14H2,1-4H3. The zero-order valence-corrected chi connectivity index (χ0v) is 11.3. The molecule has 0 bridgehead atoms. The van der Waals surface area contributed by atoms with Gasteiger partial charge in [-0.15, -0.1) is 0 Å². The summed E-state index contributed by atoms with van der Waals surface area (Å²) in [6, 6.07) is 0.447. The third-order valence-electron chi connectivity index (χ3n) is 3.85. The Kier molecular flexibility index (Phi) is 5.22. The lowest BCUT2D eigenvalue weighted by molar-refractivity contribution is 0.0863. The number of likely N-dealkylation sites (N-methyl/N-ethyl adjacent to an activating group) is 1. The van der Waals surface area contributed by atoms with Gasteiger partial charge in [-0.1, -0.05) is 19.8 Å². The number of hydrogen-bond acceptors (Lipinski definition) is 3. The molecule has 0 saturated heterocycles. The van der Waals surface area contributed by atoms with Gasteiger partial charge in [0.25, 0.3) is 0 Å². The number of nitrogens with zero attached hydrogens (tertiary/aromatic N) is 1. The van der Waals surface area contributed by atoms with Gasteiger partial charge in [-0.25, -0.2) is 0 Å². The second kappa shape index (κ2) is 5.99. The number of ether oxygens (including phenoxy) is 1. The highest BCUT2D eigenvalue weighted by atomic mass is 16.5. The van der Waals surface area contributed by atoms with Gasteiger partial charge < -0.3 is 10.5 Å². The minimum Gasteiger partial charge on any atom is -0.383 e. The van der Waals surface area contributed by atoms with E-state index in [2.05, 4.69) is 25.8 Å². The van der Waals surface area contributed by atoms with Crippen LogP contribution in [0.3, 0.4) is 0 Å². The van der Waals surface area contributed by atoms with Crippen LogP contribution in [0.5, 0.6) is 0 Å². The van der Waals surface area contributed by atoms with E-state index in [-0.39, 0.29) is 5.54 Å². The van der Waals surface area contributed by atoms with Crippen LogP contribution < -0.4 is 5.73 Å². The van der Waals surface area contributed by atoms with E-state index in [0.29, 0.717) is 6.04 Å². The average Bonchev–Trinajstić information content (AvgIpc) is 2.16. The molecule has 0 heterocycles. The van der Waals surface area contributed by atoms with Crippen molar-refractivity contribution in [2.24, 2.45) is 11.7 Å². The molecule has 3 nitrogen and oxygen atoms in total. The first kappa shape index (κ1) is 13.9. The van der Waals surface area contributed by atoms with Crippen LogP contribution in [0.2, 0.25) is 0 Å². The van der Waals surface area contributed by atoms with Crippen LogP contribution in [-0.4, -0.2) is 43.8 Å². The molecule has 0 aromatic carbocycles. The Labute approximate surface area is 100 Å². The summed E-state index contributed by atoms with van der Waals surface area (Å²) in [7, 11) is 3.91. The van der Waals surface area contributed by atoms with E-state index in [4.69, 9.17) is 10.5 Å².